The summed E-state index contributed by atoms with van der Waals surface area (Å²) in [5.41, 5.74) is 0. The van der Waals surface area contributed by atoms with Gasteiger partial charge in [0.05, 0.1) is 0 Å². The molecule has 1 saturated heterocycles. The summed E-state index contributed by atoms with van der Waals surface area (Å²) >= 11 is 0. The molecule has 3 atom stereocenters. The van der Waals surface area contributed by atoms with Crippen LogP contribution in [0.1, 0.15) is 69.6 Å². The first-order chi connectivity index (χ1) is 11.6. The van der Waals surface area contributed by atoms with Gasteiger partial charge < -0.3 is 14.6 Å². The maximum absolute atomic E-state index is 12.7. The number of nitrogens with zero attached hydrogens (tertiary/aromatic N) is 2. The van der Waals surface area contributed by atoms with Crippen molar-refractivity contribution < 1.29 is 14.1 Å². The van der Waals surface area contributed by atoms with E-state index in [4.69, 9.17) is 9.26 Å². The highest BCUT2D eigenvalue weighted by Gasteiger charge is 2.51. The minimum Gasteiger partial charge on any atom is -0.381 e. The maximum Gasteiger partial charge on any atom is 0.249 e. The molecule has 6 heteroatoms. The van der Waals surface area contributed by atoms with Crippen molar-refractivity contribution >= 4 is 5.91 Å². The number of hydrogen-bond donors (Lipinski definition) is 1. The first-order valence-electron chi connectivity index (χ1n) is 9.35. The van der Waals surface area contributed by atoms with Crippen LogP contribution in [-0.4, -0.2) is 29.3 Å². The molecular weight excluding hydrogens is 306 g/mol. The second-order valence-corrected chi connectivity index (χ2v) is 7.93. The summed E-state index contributed by atoms with van der Waals surface area (Å²) in [6, 6.07) is -0.179. The monoisotopic (exact) mass is 333 g/mol. The van der Waals surface area contributed by atoms with Crippen LogP contribution in [0, 0.1) is 23.7 Å². The summed E-state index contributed by atoms with van der Waals surface area (Å²) in [7, 11) is 0. The van der Waals surface area contributed by atoms with Crippen molar-refractivity contribution in [2.75, 3.05) is 13.2 Å². The van der Waals surface area contributed by atoms with Crippen LogP contribution in [0.2, 0.25) is 0 Å². The third-order valence-electron chi connectivity index (χ3n) is 5.68. The highest BCUT2D eigenvalue weighted by Crippen LogP contribution is 2.54. The molecule has 1 amide bonds. The number of hydrogen-bond acceptors (Lipinski definition) is 5. The van der Waals surface area contributed by atoms with Crippen molar-refractivity contribution in [1.29, 1.82) is 0 Å². The average molecular weight is 333 g/mol. The lowest BCUT2D eigenvalue weighted by atomic mass is 9.91. The zero-order chi connectivity index (χ0) is 16.7. The van der Waals surface area contributed by atoms with Crippen molar-refractivity contribution in [1.82, 2.24) is 15.5 Å². The molecule has 3 unspecified atom stereocenters. The molecule has 0 radical (unpaired) electrons. The quantitative estimate of drug-likeness (QED) is 0.866. The Morgan fingerprint density at radius 2 is 1.96 bits per heavy atom. The molecule has 1 N–H and O–H groups in total. The first-order valence-corrected chi connectivity index (χ1v) is 9.35. The number of carbonyl (C=O) groups excluding carboxylic acids is 1. The van der Waals surface area contributed by atoms with E-state index in [1.807, 2.05) is 13.8 Å². The van der Waals surface area contributed by atoms with E-state index in [2.05, 4.69) is 15.5 Å². The van der Waals surface area contributed by atoms with Gasteiger partial charge in [-0.1, -0.05) is 19.0 Å². The summed E-state index contributed by atoms with van der Waals surface area (Å²) in [6.45, 7) is 5.55. The van der Waals surface area contributed by atoms with E-state index < -0.39 is 0 Å². The van der Waals surface area contributed by atoms with E-state index in [0.717, 1.165) is 38.4 Å². The van der Waals surface area contributed by atoms with Crippen LogP contribution in [0.4, 0.5) is 0 Å². The van der Waals surface area contributed by atoms with Crippen molar-refractivity contribution in [3.05, 3.63) is 11.7 Å². The first kappa shape index (κ1) is 16.1. The van der Waals surface area contributed by atoms with Gasteiger partial charge in [-0.25, -0.2) is 0 Å². The SMILES string of the molecule is CC(C)c1noc(C(NC(=O)C2CC2C2CC2)C2CCOCC2)n1. The Bertz CT molecular complexity index is 590. The molecule has 3 fully saturated rings. The van der Waals surface area contributed by atoms with Crippen molar-refractivity contribution in [3.8, 4) is 0 Å². The van der Waals surface area contributed by atoms with Gasteiger partial charge in [-0.05, 0) is 49.9 Å². The standard InChI is InChI=1S/C18H27N3O3/c1-10(2)16-20-18(24-21-16)15(12-5-7-23-8-6-12)19-17(22)14-9-13(14)11-3-4-11/h10-15H,3-9H2,1-2H3,(H,19,22). The fourth-order valence-corrected chi connectivity index (χ4v) is 3.86. The van der Waals surface area contributed by atoms with Crippen molar-refractivity contribution in [2.45, 2.75) is 57.9 Å². The number of carbonyl (C=O) groups is 1. The second-order valence-electron chi connectivity index (χ2n) is 7.93. The van der Waals surface area contributed by atoms with Gasteiger partial charge in [0.25, 0.3) is 0 Å². The smallest absolute Gasteiger partial charge is 0.249 e. The fourth-order valence-electron chi connectivity index (χ4n) is 3.86. The summed E-state index contributed by atoms with van der Waals surface area (Å²) in [5.74, 6) is 3.59. The number of amides is 1. The summed E-state index contributed by atoms with van der Waals surface area (Å²) in [5, 5.41) is 7.32. The van der Waals surface area contributed by atoms with Crippen LogP contribution < -0.4 is 5.32 Å². The van der Waals surface area contributed by atoms with E-state index in [0.29, 0.717) is 23.6 Å². The zero-order valence-electron chi connectivity index (χ0n) is 14.5. The minimum atomic E-state index is -0.179. The van der Waals surface area contributed by atoms with Crippen molar-refractivity contribution in [3.63, 3.8) is 0 Å². The van der Waals surface area contributed by atoms with Gasteiger partial charge in [-0.15, -0.1) is 0 Å². The van der Waals surface area contributed by atoms with Gasteiger partial charge >= 0.3 is 0 Å². The molecule has 2 heterocycles. The zero-order valence-corrected chi connectivity index (χ0v) is 14.5. The number of aromatic nitrogens is 2. The molecule has 0 spiro atoms. The van der Waals surface area contributed by atoms with Gasteiger partial charge in [0.2, 0.25) is 11.8 Å². The Balaban J connectivity index is 1.47. The van der Waals surface area contributed by atoms with Gasteiger partial charge in [0.15, 0.2) is 5.82 Å². The average Bonchev–Trinajstić information content (AvgIpc) is 3.49. The molecule has 0 bridgehead atoms. The largest absolute Gasteiger partial charge is 0.381 e. The second kappa shape index (κ2) is 6.47. The number of ether oxygens (including phenoxy) is 1. The fraction of sp³-hybridized carbons (Fsp3) is 0.833. The maximum atomic E-state index is 12.7. The molecule has 1 aliphatic heterocycles. The van der Waals surface area contributed by atoms with Gasteiger partial charge in [-0.2, -0.15) is 4.98 Å². The normalized spacial score (nSPS) is 28.8. The van der Waals surface area contributed by atoms with Gasteiger partial charge in [0.1, 0.15) is 6.04 Å². The molecule has 1 aromatic rings. The Kier molecular flexibility index (Phi) is 4.33. The van der Waals surface area contributed by atoms with Crippen LogP contribution in [0.3, 0.4) is 0 Å². The summed E-state index contributed by atoms with van der Waals surface area (Å²) in [4.78, 5) is 17.2. The topological polar surface area (TPSA) is 77.2 Å². The Hall–Kier alpha value is -1.43. The van der Waals surface area contributed by atoms with Crippen LogP contribution in [0.5, 0.6) is 0 Å². The van der Waals surface area contributed by atoms with Gasteiger partial charge in [0, 0.05) is 25.0 Å². The van der Waals surface area contributed by atoms with Crippen molar-refractivity contribution in [2.24, 2.45) is 23.7 Å². The number of rotatable bonds is 6. The molecule has 4 rings (SSSR count). The van der Waals surface area contributed by atoms with Crippen LogP contribution in [0.15, 0.2) is 4.52 Å². The molecule has 6 nitrogen and oxygen atoms in total. The molecule has 132 valence electrons. The van der Waals surface area contributed by atoms with E-state index in [9.17, 15) is 4.79 Å². The van der Waals surface area contributed by atoms with E-state index >= 15 is 0 Å². The predicted octanol–water partition coefficient (Wildman–Crippen LogP) is 2.82. The predicted molar refractivity (Wildman–Crippen MR) is 87.1 cm³/mol. The summed E-state index contributed by atoms with van der Waals surface area (Å²) < 4.78 is 11.0. The lowest BCUT2D eigenvalue weighted by Crippen LogP contribution is -2.37. The van der Waals surface area contributed by atoms with E-state index in [-0.39, 0.29) is 23.8 Å². The summed E-state index contributed by atoms with van der Waals surface area (Å²) in [6.07, 6.45) is 5.50. The molecule has 2 saturated carbocycles. The molecule has 24 heavy (non-hydrogen) atoms. The molecular formula is C18H27N3O3. The van der Waals surface area contributed by atoms with Gasteiger partial charge in [-0.3, -0.25) is 4.79 Å². The molecule has 2 aliphatic carbocycles. The Morgan fingerprint density at radius 1 is 1.21 bits per heavy atom. The van der Waals surface area contributed by atoms with Crippen LogP contribution in [0.25, 0.3) is 0 Å². The lowest BCUT2D eigenvalue weighted by Gasteiger charge is -2.28. The van der Waals surface area contributed by atoms with Crippen LogP contribution >= 0.6 is 0 Å². The number of nitrogens with one attached hydrogen (secondary N) is 1. The lowest BCUT2D eigenvalue weighted by molar-refractivity contribution is -0.124. The highest BCUT2D eigenvalue weighted by atomic mass is 16.5. The molecule has 3 aliphatic rings. The Labute approximate surface area is 142 Å². The van der Waals surface area contributed by atoms with Crippen LogP contribution in [-0.2, 0) is 9.53 Å². The third-order valence-corrected chi connectivity index (χ3v) is 5.68. The van der Waals surface area contributed by atoms with E-state index in [1.54, 1.807) is 0 Å². The Morgan fingerprint density at radius 3 is 2.58 bits per heavy atom. The molecule has 0 aromatic carbocycles. The highest BCUT2D eigenvalue weighted by molar-refractivity contribution is 5.82. The third kappa shape index (κ3) is 3.34. The minimum absolute atomic E-state index is 0.174. The van der Waals surface area contributed by atoms with E-state index in [1.165, 1.54) is 12.8 Å². The molecule has 1 aromatic heterocycles.